The lowest BCUT2D eigenvalue weighted by Gasteiger charge is -2.28. The number of benzene rings is 2. The molecule has 0 bridgehead atoms. The molecule has 1 atom stereocenters. The van der Waals surface area contributed by atoms with Gasteiger partial charge in [-0.05, 0) is 55.7 Å². The quantitative estimate of drug-likeness (QED) is 0.800. The summed E-state index contributed by atoms with van der Waals surface area (Å²) in [6.07, 6.45) is 2.29. The van der Waals surface area contributed by atoms with Crippen LogP contribution in [-0.4, -0.2) is 30.0 Å². The summed E-state index contributed by atoms with van der Waals surface area (Å²) in [5, 5.41) is 3.58. The molecule has 0 aliphatic heterocycles. The van der Waals surface area contributed by atoms with Crippen LogP contribution in [0.1, 0.15) is 25.3 Å². The van der Waals surface area contributed by atoms with Gasteiger partial charge in [-0.15, -0.1) is 0 Å². The van der Waals surface area contributed by atoms with Crippen LogP contribution in [0.4, 0.5) is 5.69 Å². The van der Waals surface area contributed by atoms with Crippen LogP contribution in [0.25, 0.3) is 0 Å². The Morgan fingerprint density at radius 2 is 2.00 bits per heavy atom. The molecule has 1 aliphatic rings. The van der Waals surface area contributed by atoms with Gasteiger partial charge in [-0.1, -0.05) is 29.8 Å². The highest BCUT2D eigenvalue weighted by atomic mass is 35.5. The lowest BCUT2D eigenvalue weighted by Crippen LogP contribution is -2.42. The lowest BCUT2D eigenvalue weighted by molar-refractivity contribution is -0.121. The molecule has 0 spiro atoms. The predicted molar refractivity (Wildman–Crippen MR) is 101 cm³/mol. The molecule has 1 aliphatic carbocycles. The molecular formula is C20H23ClN2O2. The van der Waals surface area contributed by atoms with Crippen LogP contribution >= 0.6 is 11.6 Å². The number of rotatable bonds is 7. The Morgan fingerprint density at radius 3 is 2.60 bits per heavy atom. The van der Waals surface area contributed by atoms with E-state index in [9.17, 15) is 4.79 Å². The summed E-state index contributed by atoms with van der Waals surface area (Å²) < 4.78 is 5.21. The van der Waals surface area contributed by atoms with Crippen molar-refractivity contribution in [1.82, 2.24) is 4.90 Å². The lowest BCUT2D eigenvalue weighted by atomic mass is 10.1. The Morgan fingerprint density at radius 1 is 1.28 bits per heavy atom. The third-order valence-corrected chi connectivity index (χ3v) is 4.74. The molecule has 2 aromatic rings. The minimum atomic E-state index is -0.214. The number of ether oxygens (including phenoxy) is 1. The summed E-state index contributed by atoms with van der Waals surface area (Å²) in [5.74, 6) is 0.830. The molecule has 1 saturated carbocycles. The van der Waals surface area contributed by atoms with E-state index in [-0.39, 0.29) is 11.9 Å². The summed E-state index contributed by atoms with van der Waals surface area (Å²) in [6.45, 7) is 2.71. The monoisotopic (exact) mass is 358 g/mol. The molecule has 1 fully saturated rings. The number of carbonyl (C=O) groups is 1. The summed E-state index contributed by atoms with van der Waals surface area (Å²) in [5.41, 5.74) is 1.90. The first-order chi connectivity index (χ1) is 12.1. The smallest absolute Gasteiger partial charge is 0.241 e. The van der Waals surface area contributed by atoms with Crippen LogP contribution in [0.2, 0.25) is 5.02 Å². The third-order valence-electron chi connectivity index (χ3n) is 4.51. The number of amides is 1. The first-order valence-electron chi connectivity index (χ1n) is 8.52. The van der Waals surface area contributed by atoms with Gasteiger partial charge in [0.25, 0.3) is 0 Å². The van der Waals surface area contributed by atoms with E-state index in [2.05, 4.69) is 22.3 Å². The molecule has 0 aromatic heterocycles. The van der Waals surface area contributed by atoms with Gasteiger partial charge < -0.3 is 10.1 Å². The number of carbonyl (C=O) groups excluding carboxylic acids is 1. The van der Waals surface area contributed by atoms with Crippen LogP contribution in [-0.2, 0) is 11.3 Å². The van der Waals surface area contributed by atoms with Gasteiger partial charge >= 0.3 is 0 Å². The number of halogens is 1. The Hall–Kier alpha value is -2.04. The normalized spacial score (nSPS) is 15.0. The molecule has 0 unspecified atom stereocenters. The van der Waals surface area contributed by atoms with Gasteiger partial charge in [0.2, 0.25) is 5.91 Å². The van der Waals surface area contributed by atoms with Crippen molar-refractivity contribution < 1.29 is 9.53 Å². The second-order valence-electron chi connectivity index (χ2n) is 6.43. The fourth-order valence-corrected chi connectivity index (χ4v) is 3.08. The molecule has 5 heteroatoms. The maximum atomic E-state index is 12.7. The van der Waals surface area contributed by atoms with Crippen molar-refractivity contribution in [3.63, 3.8) is 0 Å². The molecular weight excluding hydrogens is 336 g/mol. The van der Waals surface area contributed by atoms with Crippen molar-refractivity contribution in [1.29, 1.82) is 0 Å². The maximum absolute atomic E-state index is 12.7. The van der Waals surface area contributed by atoms with Gasteiger partial charge in [-0.2, -0.15) is 0 Å². The van der Waals surface area contributed by atoms with Crippen LogP contribution < -0.4 is 10.1 Å². The summed E-state index contributed by atoms with van der Waals surface area (Å²) >= 11 is 5.99. The third kappa shape index (κ3) is 4.74. The standard InChI is InChI=1S/C20H23ClN2O2/c1-14(20(24)22-17-5-3-4-16(21)12-17)23(18-8-9-18)13-15-6-10-19(25-2)11-7-15/h3-7,10-12,14,18H,8-9,13H2,1-2H3,(H,22,24)/t14-/m0/s1. The Balaban J connectivity index is 1.67. The van der Waals surface area contributed by atoms with Crippen molar-refractivity contribution in [2.24, 2.45) is 0 Å². The first-order valence-corrected chi connectivity index (χ1v) is 8.89. The van der Waals surface area contributed by atoms with E-state index in [0.717, 1.165) is 30.8 Å². The maximum Gasteiger partial charge on any atom is 0.241 e. The van der Waals surface area contributed by atoms with Crippen molar-refractivity contribution in [2.45, 2.75) is 38.4 Å². The van der Waals surface area contributed by atoms with Crippen molar-refractivity contribution in [3.05, 3.63) is 59.1 Å². The highest BCUT2D eigenvalue weighted by Gasteiger charge is 2.35. The van der Waals surface area contributed by atoms with Gasteiger partial charge in [0.15, 0.2) is 0 Å². The number of nitrogens with one attached hydrogen (secondary N) is 1. The van der Waals surface area contributed by atoms with Crippen LogP contribution in [0, 0.1) is 0 Å². The zero-order valence-electron chi connectivity index (χ0n) is 14.5. The molecule has 0 saturated heterocycles. The topological polar surface area (TPSA) is 41.6 Å². The van der Waals surface area contributed by atoms with Gasteiger partial charge in [0.1, 0.15) is 5.75 Å². The fraction of sp³-hybridized carbons (Fsp3) is 0.350. The molecule has 1 N–H and O–H groups in total. The minimum absolute atomic E-state index is 0.0114. The van der Waals surface area contributed by atoms with Gasteiger partial charge in [0.05, 0.1) is 13.2 Å². The fourth-order valence-electron chi connectivity index (χ4n) is 2.89. The molecule has 132 valence electrons. The van der Waals surface area contributed by atoms with Gasteiger partial charge in [-0.25, -0.2) is 0 Å². The highest BCUT2D eigenvalue weighted by Crippen LogP contribution is 2.31. The van der Waals surface area contributed by atoms with E-state index < -0.39 is 0 Å². The number of methoxy groups -OCH3 is 1. The number of hydrogen-bond donors (Lipinski definition) is 1. The van der Waals surface area contributed by atoms with E-state index in [1.165, 1.54) is 5.56 Å². The van der Waals surface area contributed by atoms with Crippen molar-refractivity contribution >= 4 is 23.2 Å². The molecule has 3 rings (SSSR count). The van der Waals surface area contributed by atoms with E-state index in [1.807, 2.05) is 31.2 Å². The summed E-state index contributed by atoms with van der Waals surface area (Å²) in [7, 11) is 1.66. The second-order valence-corrected chi connectivity index (χ2v) is 6.86. The minimum Gasteiger partial charge on any atom is -0.497 e. The zero-order chi connectivity index (χ0) is 17.8. The molecule has 25 heavy (non-hydrogen) atoms. The van der Waals surface area contributed by atoms with E-state index in [0.29, 0.717) is 11.1 Å². The van der Waals surface area contributed by atoms with E-state index in [1.54, 1.807) is 19.2 Å². The largest absolute Gasteiger partial charge is 0.497 e. The van der Waals surface area contributed by atoms with Crippen LogP contribution in [0.5, 0.6) is 5.75 Å². The zero-order valence-corrected chi connectivity index (χ0v) is 15.3. The highest BCUT2D eigenvalue weighted by molar-refractivity contribution is 6.30. The number of nitrogens with zero attached hydrogens (tertiary/aromatic N) is 1. The van der Waals surface area contributed by atoms with Gasteiger partial charge in [-0.3, -0.25) is 9.69 Å². The van der Waals surface area contributed by atoms with Crippen LogP contribution in [0.3, 0.4) is 0 Å². The van der Waals surface area contributed by atoms with E-state index >= 15 is 0 Å². The average Bonchev–Trinajstić information content (AvgIpc) is 3.44. The SMILES string of the molecule is COc1ccc(CN(C2CC2)[C@@H](C)C(=O)Nc2cccc(Cl)c2)cc1. The van der Waals surface area contributed by atoms with E-state index in [4.69, 9.17) is 16.3 Å². The van der Waals surface area contributed by atoms with Crippen LogP contribution in [0.15, 0.2) is 48.5 Å². The molecule has 0 radical (unpaired) electrons. The van der Waals surface area contributed by atoms with Crippen molar-refractivity contribution in [2.75, 3.05) is 12.4 Å². The summed E-state index contributed by atoms with van der Waals surface area (Å²) in [6, 6.07) is 15.5. The van der Waals surface area contributed by atoms with Crippen molar-refractivity contribution in [3.8, 4) is 5.75 Å². The molecule has 2 aromatic carbocycles. The Bertz CT molecular complexity index is 729. The molecule has 4 nitrogen and oxygen atoms in total. The van der Waals surface area contributed by atoms with Gasteiger partial charge in [0, 0.05) is 23.3 Å². The number of anilines is 1. The average molecular weight is 359 g/mol. The number of hydrogen-bond acceptors (Lipinski definition) is 3. The summed E-state index contributed by atoms with van der Waals surface area (Å²) in [4.78, 5) is 14.9. The Labute approximate surface area is 153 Å². The second kappa shape index (κ2) is 7.89. The predicted octanol–water partition coefficient (Wildman–Crippen LogP) is 4.34. The molecule has 1 amide bonds. The molecule has 0 heterocycles. The first kappa shape index (κ1) is 17.8. The Kier molecular flexibility index (Phi) is 5.61.